The molecule has 27 heavy (non-hydrogen) atoms. The summed E-state index contributed by atoms with van der Waals surface area (Å²) in [5.41, 5.74) is 3.01. The van der Waals surface area contributed by atoms with Crippen molar-refractivity contribution in [2.45, 2.75) is 24.8 Å². The third-order valence-electron chi connectivity index (χ3n) is 4.10. The predicted molar refractivity (Wildman–Crippen MR) is 119 cm³/mol. The van der Waals surface area contributed by atoms with Crippen LogP contribution >= 0.6 is 22.6 Å². The maximum absolute atomic E-state index is 12.9. The molecule has 0 aromatic heterocycles. The summed E-state index contributed by atoms with van der Waals surface area (Å²) in [6.07, 6.45) is 0.633. The lowest BCUT2D eigenvalue weighted by atomic mass is 10.2. The van der Waals surface area contributed by atoms with E-state index in [2.05, 4.69) is 29.2 Å². The quantitative estimate of drug-likeness (QED) is 0.197. The zero-order chi connectivity index (χ0) is 19.7. The van der Waals surface area contributed by atoms with E-state index in [4.69, 9.17) is 4.74 Å². The topological polar surface area (TPSA) is 46.6 Å². The van der Waals surface area contributed by atoms with Crippen molar-refractivity contribution in [3.05, 3.63) is 77.9 Å². The van der Waals surface area contributed by atoms with Gasteiger partial charge in [0.1, 0.15) is 0 Å². The largest absolute Gasteiger partial charge is 0.376 e. The molecule has 0 amide bonds. The maximum atomic E-state index is 12.9. The Hall–Kier alpha value is -1.22. The van der Waals surface area contributed by atoms with E-state index >= 15 is 0 Å². The summed E-state index contributed by atoms with van der Waals surface area (Å²) >= 11 is 2.19. The van der Waals surface area contributed by atoms with Gasteiger partial charge in [-0.1, -0.05) is 82.8 Å². The third kappa shape index (κ3) is 7.03. The normalized spacial score (nSPS) is 11.7. The van der Waals surface area contributed by atoms with Crippen molar-refractivity contribution in [1.29, 1.82) is 0 Å². The Morgan fingerprint density at radius 3 is 2.41 bits per heavy atom. The predicted octanol–water partition coefficient (Wildman–Crippen LogP) is 4.58. The summed E-state index contributed by atoms with van der Waals surface area (Å²) in [6.45, 7) is 7.84. The molecule has 0 aliphatic carbocycles. The first kappa shape index (κ1) is 22.1. The van der Waals surface area contributed by atoms with Crippen LogP contribution in [0.15, 0.2) is 71.6 Å². The molecule has 0 N–H and O–H groups in total. The molecule has 2 aromatic carbocycles. The molecular formula is C21H26INO3S. The fourth-order valence-electron chi connectivity index (χ4n) is 2.55. The van der Waals surface area contributed by atoms with E-state index in [0.717, 1.165) is 21.1 Å². The van der Waals surface area contributed by atoms with Crippen LogP contribution in [0.2, 0.25) is 0 Å². The van der Waals surface area contributed by atoms with Gasteiger partial charge >= 0.3 is 0 Å². The van der Waals surface area contributed by atoms with Gasteiger partial charge in [-0.2, -0.15) is 4.31 Å². The first-order valence-electron chi connectivity index (χ1n) is 8.84. The lowest BCUT2D eigenvalue weighted by molar-refractivity contribution is 0.123. The van der Waals surface area contributed by atoms with Crippen LogP contribution in [0.1, 0.15) is 17.5 Å². The van der Waals surface area contributed by atoms with Crippen molar-refractivity contribution >= 4 is 32.6 Å². The number of ether oxygens (including phenoxy) is 1. The second-order valence-electron chi connectivity index (χ2n) is 6.38. The highest BCUT2D eigenvalue weighted by molar-refractivity contribution is 14.1. The van der Waals surface area contributed by atoms with Gasteiger partial charge in [-0.25, -0.2) is 8.42 Å². The molecule has 0 atom stereocenters. The number of nitrogens with zero attached hydrogens (tertiary/aromatic N) is 1. The molecule has 146 valence electrons. The summed E-state index contributed by atoms with van der Waals surface area (Å²) in [4.78, 5) is 0.325. The zero-order valence-corrected chi connectivity index (χ0v) is 18.6. The van der Waals surface area contributed by atoms with Crippen molar-refractivity contribution < 1.29 is 13.2 Å². The molecule has 0 spiro atoms. The lowest BCUT2D eigenvalue weighted by Gasteiger charge is -2.22. The van der Waals surface area contributed by atoms with E-state index in [9.17, 15) is 8.42 Å². The van der Waals surface area contributed by atoms with Crippen molar-refractivity contribution in [1.82, 2.24) is 4.31 Å². The lowest BCUT2D eigenvalue weighted by Crippen LogP contribution is -2.34. The first-order chi connectivity index (χ1) is 12.9. The second kappa shape index (κ2) is 10.9. The van der Waals surface area contributed by atoms with Gasteiger partial charge in [0.05, 0.1) is 18.1 Å². The first-order valence-corrected chi connectivity index (χ1v) is 11.8. The Bertz CT molecular complexity index is 820. The molecule has 0 bridgehead atoms. The average molecular weight is 499 g/mol. The standard InChI is InChI=1S/C21H26INO3S/c1-18-8-10-21(11-9-18)27(24,25)23(14-13-22)16-19(2)12-15-26-17-20-6-4-3-5-7-20/h3-11H,2,12-17H2,1H3. The molecule has 0 heterocycles. The summed E-state index contributed by atoms with van der Waals surface area (Å²) in [5, 5.41) is 0. The van der Waals surface area contributed by atoms with Crippen LogP contribution in [-0.2, 0) is 21.4 Å². The molecule has 0 radical (unpaired) electrons. The van der Waals surface area contributed by atoms with Gasteiger partial charge in [0.25, 0.3) is 0 Å². The van der Waals surface area contributed by atoms with E-state index in [1.165, 1.54) is 4.31 Å². The van der Waals surface area contributed by atoms with Crippen LogP contribution < -0.4 is 0 Å². The van der Waals surface area contributed by atoms with Crippen molar-refractivity contribution in [3.63, 3.8) is 0 Å². The smallest absolute Gasteiger partial charge is 0.243 e. The molecule has 4 nitrogen and oxygen atoms in total. The Kier molecular flexibility index (Phi) is 8.95. The van der Waals surface area contributed by atoms with Gasteiger partial charge in [-0.15, -0.1) is 0 Å². The zero-order valence-electron chi connectivity index (χ0n) is 15.6. The minimum atomic E-state index is -3.52. The number of sulfonamides is 1. The van der Waals surface area contributed by atoms with Gasteiger partial charge in [0.2, 0.25) is 10.0 Å². The molecule has 2 rings (SSSR count). The molecule has 0 unspecified atom stereocenters. The number of aryl methyl sites for hydroxylation is 1. The second-order valence-corrected chi connectivity index (χ2v) is 9.40. The molecule has 0 fully saturated rings. The maximum Gasteiger partial charge on any atom is 0.243 e. The Morgan fingerprint density at radius 2 is 1.78 bits per heavy atom. The summed E-state index contributed by atoms with van der Waals surface area (Å²) in [5.74, 6) is 0. The van der Waals surface area contributed by atoms with Crippen LogP contribution in [0.5, 0.6) is 0 Å². The minimum absolute atomic E-state index is 0.313. The SMILES string of the molecule is C=C(CCOCc1ccccc1)CN(CCI)S(=O)(=O)c1ccc(C)cc1. The summed E-state index contributed by atoms with van der Waals surface area (Å²) in [6, 6.07) is 16.9. The monoisotopic (exact) mass is 499 g/mol. The van der Waals surface area contributed by atoms with Crippen LogP contribution in [0, 0.1) is 6.92 Å². The highest BCUT2D eigenvalue weighted by atomic mass is 127. The van der Waals surface area contributed by atoms with Crippen molar-refractivity contribution in [3.8, 4) is 0 Å². The number of hydrogen-bond donors (Lipinski definition) is 0. The van der Waals surface area contributed by atoms with E-state index < -0.39 is 10.0 Å². The Morgan fingerprint density at radius 1 is 1.11 bits per heavy atom. The van der Waals surface area contributed by atoms with Crippen LogP contribution in [0.4, 0.5) is 0 Å². The number of alkyl halides is 1. The van der Waals surface area contributed by atoms with Crippen molar-refractivity contribution in [2.24, 2.45) is 0 Å². The summed E-state index contributed by atoms with van der Waals surface area (Å²) in [7, 11) is -3.52. The molecule has 2 aromatic rings. The fourth-order valence-corrected chi connectivity index (χ4v) is 4.92. The highest BCUT2D eigenvalue weighted by Gasteiger charge is 2.24. The van der Waals surface area contributed by atoms with E-state index in [1.807, 2.05) is 49.4 Å². The van der Waals surface area contributed by atoms with Gasteiger partial charge in [0, 0.05) is 17.5 Å². The van der Waals surface area contributed by atoms with Gasteiger partial charge in [-0.3, -0.25) is 0 Å². The third-order valence-corrected chi connectivity index (χ3v) is 6.45. The number of halogens is 1. The van der Waals surface area contributed by atoms with E-state index in [-0.39, 0.29) is 0 Å². The van der Waals surface area contributed by atoms with Crippen LogP contribution in [-0.4, -0.2) is 36.8 Å². The van der Waals surface area contributed by atoms with Crippen LogP contribution in [0.3, 0.4) is 0 Å². The molecule has 0 aliphatic rings. The number of rotatable bonds is 11. The molecule has 0 aliphatic heterocycles. The van der Waals surface area contributed by atoms with Crippen molar-refractivity contribution in [2.75, 3.05) is 24.1 Å². The van der Waals surface area contributed by atoms with E-state index in [0.29, 0.717) is 37.6 Å². The molecule has 0 saturated heterocycles. The highest BCUT2D eigenvalue weighted by Crippen LogP contribution is 2.18. The Labute approximate surface area is 176 Å². The van der Waals surface area contributed by atoms with Gasteiger partial charge < -0.3 is 4.74 Å². The molecule has 6 heteroatoms. The molecule has 0 saturated carbocycles. The van der Waals surface area contributed by atoms with Gasteiger partial charge in [-0.05, 0) is 31.0 Å². The van der Waals surface area contributed by atoms with Crippen LogP contribution in [0.25, 0.3) is 0 Å². The molecular weight excluding hydrogens is 473 g/mol. The minimum Gasteiger partial charge on any atom is -0.376 e. The number of benzene rings is 2. The average Bonchev–Trinajstić information content (AvgIpc) is 2.66. The fraction of sp³-hybridized carbons (Fsp3) is 0.333. The Balaban J connectivity index is 1.90. The number of hydrogen-bond acceptors (Lipinski definition) is 3. The van der Waals surface area contributed by atoms with Gasteiger partial charge in [0.15, 0.2) is 0 Å². The van der Waals surface area contributed by atoms with E-state index in [1.54, 1.807) is 12.1 Å². The summed E-state index contributed by atoms with van der Waals surface area (Å²) < 4.78 is 33.8.